The van der Waals surface area contributed by atoms with Crippen LogP contribution in [0.2, 0.25) is 0 Å². The smallest absolute Gasteiger partial charge is 0.0964 e. The van der Waals surface area contributed by atoms with Crippen molar-refractivity contribution in [3.63, 3.8) is 0 Å². The standard InChI is InChI=1S/C12H8N2.2HNO2.NO.H2O.Ru/c1-3-9-5-6-10-4-2-8-14-12(10)11(9)13-7-1;2*2-1-3;1-2;;/h1-8H;2*(H,2,3);;1H2;/q;;;+1;;/p-3. The van der Waals surface area contributed by atoms with Gasteiger partial charge in [0.25, 0.3) is 0 Å². The van der Waals surface area contributed by atoms with E-state index >= 15 is 0 Å². The Morgan fingerprint density at radius 2 is 1.12 bits per heavy atom. The van der Waals surface area contributed by atoms with Gasteiger partial charge in [-0.05, 0) is 12.1 Å². The molecule has 0 unspecified atom stereocenters. The predicted molar refractivity (Wildman–Crippen MR) is 79.7 cm³/mol. The third-order valence-electron chi connectivity index (χ3n) is 2.34. The Morgan fingerprint density at radius 3 is 1.42 bits per heavy atom. The molecule has 2 aromatic heterocycles. The van der Waals surface area contributed by atoms with Crippen molar-refractivity contribution in [2.75, 3.05) is 0 Å². The maximum Gasteiger partial charge on any atom is 0.0964 e. The van der Waals surface area contributed by atoms with Crippen molar-refractivity contribution in [3.8, 4) is 0 Å². The van der Waals surface area contributed by atoms with Crippen LogP contribution in [0.4, 0.5) is 0 Å². The molecule has 0 saturated heterocycles. The number of fused-ring (bicyclic) bond motifs is 3. The minimum Gasteiger partial charge on any atom is -0.870 e. The zero-order valence-corrected chi connectivity index (χ0v) is 13.4. The number of hydrogen-bond donors (Lipinski definition) is 0. The van der Waals surface area contributed by atoms with Gasteiger partial charge in [0.1, 0.15) is 0 Å². The summed E-state index contributed by atoms with van der Waals surface area (Å²) in [4.78, 5) is 24.7. The molecule has 3 rings (SSSR count). The second-order valence-corrected chi connectivity index (χ2v) is 3.36. The second-order valence-electron chi connectivity index (χ2n) is 3.36. The van der Waals surface area contributed by atoms with Gasteiger partial charge in [-0.15, -0.1) is 10.7 Å². The Kier molecular flexibility index (Phi) is 17.8. The summed E-state index contributed by atoms with van der Waals surface area (Å²) in [6.45, 7) is 0. The van der Waals surface area contributed by atoms with Gasteiger partial charge in [0.05, 0.1) is 11.0 Å². The van der Waals surface area contributed by atoms with E-state index in [0.717, 1.165) is 32.5 Å². The summed E-state index contributed by atoms with van der Waals surface area (Å²) >= 11 is 0. The summed E-state index contributed by atoms with van der Waals surface area (Å²) in [6.07, 6.45) is 3.60. The molecule has 0 saturated carbocycles. The zero-order valence-electron chi connectivity index (χ0n) is 11.7. The molecule has 0 amide bonds. The summed E-state index contributed by atoms with van der Waals surface area (Å²) in [7, 11) is 0. The molecule has 128 valence electrons. The maximum atomic E-state index is 8.00. The van der Waals surface area contributed by atoms with Gasteiger partial charge in [-0.3, -0.25) is 9.97 Å². The largest absolute Gasteiger partial charge is 0.870 e. The molecule has 0 spiro atoms. The monoisotopic (exact) mass is 421 g/mol. The van der Waals surface area contributed by atoms with Crippen LogP contribution in [0, 0.1) is 25.7 Å². The number of hydrogen-bond acceptors (Lipinski definition) is 10. The van der Waals surface area contributed by atoms with Crippen molar-refractivity contribution in [2.24, 2.45) is 10.7 Å². The molecule has 0 atom stereocenters. The Morgan fingerprint density at radius 1 is 0.833 bits per heavy atom. The third kappa shape index (κ3) is 7.92. The predicted octanol–water partition coefficient (Wildman–Crippen LogP) is 3.00. The molecule has 0 aliphatic rings. The van der Waals surface area contributed by atoms with Crippen LogP contribution in [0.15, 0.2) is 59.5 Å². The Hall–Kier alpha value is -2.91. The third-order valence-corrected chi connectivity index (χ3v) is 2.34. The molecule has 1 N–H and O–H groups in total. The van der Waals surface area contributed by atoms with Gasteiger partial charge < -0.3 is 25.7 Å². The molecule has 1 aromatic carbocycles. The summed E-state index contributed by atoms with van der Waals surface area (Å²) in [5, 5.41) is 20.3. The normalized spacial score (nSPS) is 7.42. The molecule has 0 aliphatic heterocycles. The van der Waals surface area contributed by atoms with Crippen LogP contribution in [-0.2, 0) is 24.3 Å². The van der Waals surface area contributed by atoms with E-state index in [1.54, 1.807) is 12.4 Å². The number of pyridine rings is 2. The minimum absolute atomic E-state index is 0. The quantitative estimate of drug-likeness (QED) is 0.173. The molecule has 3 aromatic rings. The Bertz CT molecular complexity index is 696. The molecule has 0 radical (unpaired) electrons. The van der Waals surface area contributed by atoms with Crippen LogP contribution in [0.5, 0.6) is 0 Å². The average Bonchev–Trinajstić information content (AvgIpc) is 2.58. The van der Waals surface area contributed by atoms with Crippen LogP contribution < -0.4 is 0 Å². The van der Waals surface area contributed by atoms with Crippen molar-refractivity contribution in [1.82, 2.24) is 9.97 Å². The van der Waals surface area contributed by atoms with E-state index in [0.29, 0.717) is 0 Å². The van der Waals surface area contributed by atoms with Gasteiger partial charge in [0.15, 0.2) is 0 Å². The first-order valence-corrected chi connectivity index (χ1v) is 5.45. The first-order chi connectivity index (χ1) is 10.8. The van der Waals surface area contributed by atoms with E-state index < -0.39 is 0 Å². The molecular weight excluding hydrogens is 411 g/mol. The van der Waals surface area contributed by atoms with E-state index in [2.05, 4.69) is 34.2 Å². The van der Waals surface area contributed by atoms with Gasteiger partial charge in [-0.2, -0.15) is 0 Å². The van der Waals surface area contributed by atoms with Gasteiger partial charge in [-0.1, -0.05) is 24.3 Å². The summed E-state index contributed by atoms with van der Waals surface area (Å²) in [5.41, 5.74) is 7.70. The number of rotatable bonds is 0. The Labute approximate surface area is 147 Å². The van der Waals surface area contributed by atoms with E-state index in [9.17, 15) is 0 Å². The van der Waals surface area contributed by atoms with Crippen LogP contribution >= 0.6 is 0 Å². The van der Waals surface area contributed by atoms with Crippen molar-refractivity contribution in [2.45, 2.75) is 0 Å². The van der Waals surface area contributed by atoms with Gasteiger partial charge in [0, 0.05) is 42.6 Å². The first kappa shape index (κ1) is 26.0. The summed E-state index contributed by atoms with van der Waals surface area (Å²) in [5.74, 6) is 0. The number of benzene rings is 1. The minimum atomic E-state index is 0. The maximum absolute atomic E-state index is 8.00. The number of nitrogens with zero attached hydrogens (tertiary/aromatic N) is 5. The zero-order chi connectivity index (χ0) is 16.8. The molecule has 0 aliphatic carbocycles. The van der Waals surface area contributed by atoms with E-state index in [1.807, 2.05) is 12.1 Å². The van der Waals surface area contributed by atoms with Crippen LogP contribution in [-0.4, -0.2) is 15.4 Å². The summed E-state index contributed by atoms with van der Waals surface area (Å²) in [6, 6.07) is 12.1. The topological polar surface area (TPSA) is 204 Å². The van der Waals surface area contributed by atoms with Gasteiger partial charge in [-0.25, -0.2) is 0 Å². The van der Waals surface area contributed by atoms with Crippen molar-refractivity contribution in [3.05, 3.63) is 69.0 Å². The van der Waals surface area contributed by atoms with E-state index in [4.69, 9.17) is 30.5 Å². The van der Waals surface area contributed by atoms with Crippen molar-refractivity contribution < 1.29 is 29.7 Å². The van der Waals surface area contributed by atoms with Gasteiger partial charge in [0.2, 0.25) is 0 Å². The molecular formula is C12H9N5O6Ru-2. The summed E-state index contributed by atoms with van der Waals surface area (Å²) < 4.78 is 7.25. The molecule has 2 heterocycles. The van der Waals surface area contributed by atoms with Crippen molar-refractivity contribution in [1.29, 1.82) is 5.46 Å². The van der Waals surface area contributed by atoms with Crippen LogP contribution in [0.3, 0.4) is 0 Å². The Balaban J connectivity index is -0.000000386. The first-order valence-electron chi connectivity index (χ1n) is 5.45. The van der Waals surface area contributed by atoms with Gasteiger partial charge >= 0.3 is 10.2 Å². The fourth-order valence-corrected chi connectivity index (χ4v) is 1.68. The van der Waals surface area contributed by atoms with E-state index in [1.165, 1.54) is 0 Å². The second kappa shape index (κ2) is 16.5. The fraction of sp³-hybridized carbons (Fsp3) is 0. The molecule has 11 nitrogen and oxygen atoms in total. The van der Waals surface area contributed by atoms with Crippen LogP contribution in [0.25, 0.3) is 21.8 Å². The number of aromatic nitrogens is 2. The molecule has 12 heteroatoms. The average molecular weight is 420 g/mol. The molecule has 0 fully saturated rings. The van der Waals surface area contributed by atoms with Crippen LogP contribution in [0.1, 0.15) is 0 Å². The SMILES string of the molecule is N#[O+].O=N[O-].O=N[O-].[OH-].[Ru].c1cnc2c(c1)ccc1cccnc12. The fourth-order valence-electron chi connectivity index (χ4n) is 1.68. The molecule has 24 heavy (non-hydrogen) atoms. The van der Waals surface area contributed by atoms with Crippen molar-refractivity contribution >= 4 is 21.8 Å². The molecule has 0 bridgehead atoms. The van der Waals surface area contributed by atoms with E-state index in [-0.39, 0.29) is 25.0 Å².